The molecule has 0 unspecified atom stereocenters. The summed E-state index contributed by atoms with van der Waals surface area (Å²) in [5, 5.41) is 0. The zero-order valence-electron chi connectivity index (χ0n) is 12.2. The highest BCUT2D eigenvalue weighted by molar-refractivity contribution is 7.90. The van der Waals surface area contributed by atoms with Crippen molar-refractivity contribution in [1.82, 2.24) is 0 Å². The molecule has 0 atom stereocenters. The van der Waals surface area contributed by atoms with E-state index in [2.05, 4.69) is 4.74 Å². The lowest BCUT2D eigenvalue weighted by Gasteiger charge is -2.31. The summed E-state index contributed by atoms with van der Waals surface area (Å²) in [6.45, 7) is 1.34. The molecule has 0 spiro atoms. The minimum Gasteiger partial charge on any atom is -0.406 e. The molecule has 1 heterocycles. The van der Waals surface area contributed by atoms with Crippen molar-refractivity contribution in [3.63, 3.8) is 0 Å². The van der Waals surface area contributed by atoms with Crippen LogP contribution in [0.5, 0.6) is 5.75 Å². The predicted octanol–water partition coefficient (Wildman–Crippen LogP) is 2.77. The predicted molar refractivity (Wildman–Crippen MR) is 78.0 cm³/mol. The number of hydrogen-bond donors (Lipinski definition) is 0. The number of sulfone groups is 1. The molecular formula is C14H18F3NO3S. The molecule has 0 aromatic heterocycles. The number of benzene rings is 1. The van der Waals surface area contributed by atoms with Gasteiger partial charge in [0.1, 0.15) is 15.6 Å². The van der Waals surface area contributed by atoms with Crippen LogP contribution in [0, 0.1) is 0 Å². The summed E-state index contributed by atoms with van der Waals surface area (Å²) in [5.41, 5.74) is 1.65. The average molecular weight is 337 g/mol. The number of hydrogen-bond acceptors (Lipinski definition) is 4. The molecule has 0 saturated carbocycles. The van der Waals surface area contributed by atoms with Crippen LogP contribution in [0.2, 0.25) is 0 Å². The molecule has 1 aromatic carbocycles. The van der Waals surface area contributed by atoms with E-state index in [0.29, 0.717) is 19.4 Å². The van der Waals surface area contributed by atoms with Crippen LogP contribution < -0.4 is 9.64 Å². The van der Waals surface area contributed by atoms with Gasteiger partial charge in [-0.1, -0.05) is 0 Å². The third-order valence-corrected chi connectivity index (χ3v) is 4.47. The lowest BCUT2D eigenvalue weighted by Crippen LogP contribution is -2.31. The van der Waals surface area contributed by atoms with Gasteiger partial charge < -0.3 is 9.64 Å². The highest BCUT2D eigenvalue weighted by Gasteiger charge is 2.31. The first-order valence-electron chi connectivity index (χ1n) is 6.95. The number of anilines is 1. The standard InChI is InChI=1S/C14H18F3NO3S/c1-22(19,20)9-3-8-18-7-2-4-11-10-12(5-6-13(11)18)21-14(15,16)17/h5-6,10H,2-4,7-9H2,1H3. The summed E-state index contributed by atoms with van der Waals surface area (Å²) >= 11 is 0. The Morgan fingerprint density at radius 1 is 1.32 bits per heavy atom. The Bertz CT molecular complexity index is 629. The Kier molecular flexibility index (Phi) is 4.89. The van der Waals surface area contributed by atoms with E-state index in [1.54, 1.807) is 6.07 Å². The summed E-state index contributed by atoms with van der Waals surface area (Å²) < 4.78 is 63.0. The van der Waals surface area contributed by atoms with Gasteiger partial charge in [0.05, 0.1) is 5.75 Å². The third-order valence-electron chi connectivity index (χ3n) is 3.44. The number of fused-ring (bicyclic) bond motifs is 1. The van der Waals surface area contributed by atoms with E-state index in [4.69, 9.17) is 0 Å². The highest BCUT2D eigenvalue weighted by atomic mass is 32.2. The van der Waals surface area contributed by atoms with Crippen molar-refractivity contribution in [1.29, 1.82) is 0 Å². The topological polar surface area (TPSA) is 46.6 Å². The van der Waals surface area contributed by atoms with Crippen LogP contribution in [0.15, 0.2) is 18.2 Å². The largest absolute Gasteiger partial charge is 0.573 e. The van der Waals surface area contributed by atoms with Gasteiger partial charge in [0.25, 0.3) is 0 Å². The van der Waals surface area contributed by atoms with E-state index in [-0.39, 0.29) is 11.5 Å². The maximum absolute atomic E-state index is 12.2. The SMILES string of the molecule is CS(=O)(=O)CCCN1CCCc2cc(OC(F)(F)F)ccc21. The highest BCUT2D eigenvalue weighted by Crippen LogP contribution is 2.32. The number of rotatable bonds is 5. The van der Waals surface area contributed by atoms with Gasteiger partial charge >= 0.3 is 6.36 Å². The van der Waals surface area contributed by atoms with Gasteiger partial charge in [-0.15, -0.1) is 13.2 Å². The van der Waals surface area contributed by atoms with Crippen molar-refractivity contribution in [2.24, 2.45) is 0 Å². The molecule has 0 N–H and O–H groups in total. The Morgan fingerprint density at radius 3 is 2.68 bits per heavy atom. The van der Waals surface area contributed by atoms with Crippen LogP contribution in [0.25, 0.3) is 0 Å². The second-order valence-corrected chi connectivity index (χ2v) is 7.67. The third kappa shape index (κ3) is 5.08. The second-order valence-electron chi connectivity index (χ2n) is 5.41. The summed E-state index contributed by atoms with van der Waals surface area (Å²) in [6, 6.07) is 4.31. The van der Waals surface area contributed by atoms with Crippen molar-refractivity contribution < 1.29 is 26.3 Å². The average Bonchev–Trinajstić information content (AvgIpc) is 2.35. The molecule has 124 valence electrons. The molecule has 22 heavy (non-hydrogen) atoms. The molecule has 8 heteroatoms. The zero-order valence-corrected chi connectivity index (χ0v) is 13.0. The van der Waals surface area contributed by atoms with Gasteiger partial charge in [-0.25, -0.2) is 8.42 Å². The summed E-state index contributed by atoms with van der Waals surface area (Å²) in [6.07, 6.45) is -1.50. The quantitative estimate of drug-likeness (QED) is 0.829. The monoisotopic (exact) mass is 337 g/mol. The van der Waals surface area contributed by atoms with Gasteiger partial charge in [-0.2, -0.15) is 0 Å². The molecule has 0 bridgehead atoms. The van der Waals surface area contributed by atoms with E-state index >= 15 is 0 Å². The number of ether oxygens (including phenoxy) is 1. The van der Waals surface area contributed by atoms with Crippen LogP contribution in [0.3, 0.4) is 0 Å². The summed E-state index contributed by atoms with van der Waals surface area (Å²) in [4.78, 5) is 2.02. The van der Waals surface area contributed by atoms with E-state index in [0.717, 1.165) is 24.2 Å². The van der Waals surface area contributed by atoms with Gasteiger partial charge in [0.15, 0.2) is 0 Å². The fourth-order valence-electron chi connectivity index (χ4n) is 2.60. The van der Waals surface area contributed by atoms with E-state index < -0.39 is 16.2 Å². The second kappa shape index (κ2) is 6.36. The maximum Gasteiger partial charge on any atom is 0.573 e. The van der Waals surface area contributed by atoms with Crippen LogP contribution in [0.4, 0.5) is 18.9 Å². The number of nitrogens with zero attached hydrogens (tertiary/aromatic N) is 1. The smallest absolute Gasteiger partial charge is 0.406 e. The fourth-order valence-corrected chi connectivity index (χ4v) is 3.25. The minimum absolute atomic E-state index is 0.105. The summed E-state index contributed by atoms with van der Waals surface area (Å²) in [5.74, 6) is -0.113. The molecule has 1 aliphatic heterocycles. The van der Waals surface area contributed by atoms with Crippen molar-refractivity contribution in [3.8, 4) is 5.75 Å². The zero-order chi connectivity index (χ0) is 16.4. The maximum atomic E-state index is 12.2. The Labute approximate surface area is 127 Å². The Balaban J connectivity index is 2.07. The first kappa shape index (κ1) is 16.9. The Morgan fingerprint density at radius 2 is 2.05 bits per heavy atom. The van der Waals surface area contributed by atoms with E-state index in [1.807, 2.05) is 4.90 Å². The van der Waals surface area contributed by atoms with Gasteiger partial charge in [0, 0.05) is 25.0 Å². The van der Waals surface area contributed by atoms with Gasteiger partial charge in [-0.3, -0.25) is 0 Å². The van der Waals surface area contributed by atoms with E-state index in [1.165, 1.54) is 18.4 Å². The van der Waals surface area contributed by atoms with Crippen LogP contribution in [-0.4, -0.2) is 39.9 Å². The van der Waals surface area contributed by atoms with Crippen molar-refractivity contribution in [2.45, 2.75) is 25.6 Å². The van der Waals surface area contributed by atoms with Crippen LogP contribution in [-0.2, 0) is 16.3 Å². The van der Waals surface area contributed by atoms with Crippen molar-refractivity contribution in [3.05, 3.63) is 23.8 Å². The first-order chi connectivity index (χ1) is 10.1. The molecule has 0 fully saturated rings. The molecule has 1 aromatic rings. The molecule has 2 rings (SSSR count). The van der Waals surface area contributed by atoms with Crippen molar-refractivity contribution in [2.75, 3.05) is 30.0 Å². The molecule has 1 aliphatic rings. The number of aryl methyl sites for hydroxylation is 1. The number of alkyl halides is 3. The lowest BCUT2D eigenvalue weighted by atomic mass is 10.0. The molecule has 0 amide bonds. The Hall–Kier alpha value is -1.44. The fraction of sp³-hybridized carbons (Fsp3) is 0.571. The molecule has 0 saturated heterocycles. The van der Waals surface area contributed by atoms with Crippen LogP contribution in [0.1, 0.15) is 18.4 Å². The lowest BCUT2D eigenvalue weighted by molar-refractivity contribution is -0.274. The molecule has 0 radical (unpaired) electrons. The van der Waals surface area contributed by atoms with Crippen LogP contribution >= 0.6 is 0 Å². The van der Waals surface area contributed by atoms with Gasteiger partial charge in [0.2, 0.25) is 0 Å². The number of halogens is 3. The minimum atomic E-state index is -4.70. The van der Waals surface area contributed by atoms with Crippen molar-refractivity contribution >= 4 is 15.5 Å². The summed E-state index contributed by atoms with van der Waals surface area (Å²) in [7, 11) is -3.00. The first-order valence-corrected chi connectivity index (χ1v) is 9.01. The molecular weight excluding hydrogens is 319 g/mol. The molecule has 0 aliphatic carbocycles. The van der Waals surface area contributed by atoms with E-state index in [9.17, 15) is 21.6 Å². The molecule has 4 nitrogen and oxygen atoms in total. The van der Waals surface area contributed by atoms with Gasteiger partial charge in [-0.05, 0) is 43.0 Å². The normalized spacial score (nSPS) is 15.5.